The van der Waals surface area contributed by atoms with Crippen LogP contribution in [0.15, 0.2) is 10.3 Å². The number of rotatable bonds is 2. The molecular formula is C5H10N2O2S. The largest absolute Gasteiger partial charge is 0.410 e. The lowest BCUT2D eigenvalue weighted by Crippen LogP contribution is -2.05. The molecule has 0 bridgehead atoms. The summed E-state index contributed by atoms with van der Waals surface area (Å²) < 4.78 is 0. The first-order valence-corrected chi connectivity index (χ1v) is 3.83. The van der Waals surface area contributed by atoms with Gasteiger partial charge in [0.25, 0.3) is 0 Å². The first-order chi connectivity index (χ1) is 4.76. The molecule has 0 spiro atoms. The van der Waals surface area contributed by atoms with Crippen LogP contribution in [0.3, 0.4) is 0 Å². The second-order valence-corrected chi connectivity index (χ2v) is 2.26. The van der Waals surface area contributed by atoms with Gasteiger partial charge in [-0.2, -0.15) is 0 Å². The highest BCUT2D eigenvalue weighted by Crippen LogP contribution is 1.99. The van der Waals surface area contributed by atoms with E-state index >= 15 is 0 Å². The van der Waals surface area contributed by atoms with Gasteiger partial charge >= 0.3 is 0 Å². The third kappa shape index (κ3) is 2.72. The van der Waals surface area contributed by atoms with Crippen molar-refractivity contribution in [3.8, 4) is 0 Å². The van der Waals surface area contributed by atoms with Gasteiger partial charge in [0.15, 0.2) is 5.04 Å². The predicted molar refractivity (Wildman–Crippen MR) is 42.9 cm³/mol. The predicted octanol–water partition coefficient (Wildman–Crippen LogP) is 1.16. The van der Waals surface area contributed by atoms with Gasteiger partial charge in [0.05, 0.1) is 0 Å². The fourth-order valence-corrected chi connectivity index (χ4v) is 0.851. The summed E-state index contributed by atoms with van der Waals surface area (Å²) in [7, 11) is 1.44. The van der Waals surface area contributed by atoms with Crippen molar-refractivity contribution < 1.29 is 10.0 Å². The number of nitrogens with zero attached hydrogens (tertiary/aromatic N) is 2. The molecule has 0 heterocycles. The molecule has 4 nitrogen and oxygen atoms in total. The molecule has 1 N–H and O–H groups in total. The highest BCUT2D eigenvalue weighted by molar-refractivity contribution is 8.15. The topological polar surface area (TPSA) is 54.2 Å². The van der Waals surface area contributed by atoms with Crippen LogP contribution in [0.25, 0.3) is 0 Å². The van der Waals surface area contributed by atoms with Crippen molar-refractivity contribution in [2.24, 2.45) is 10.3 Å². The van der Waals surface area contributed by atoms with E-state index in [-0.39, 0.29) is 0 Å². The molecule has 0 unspecified atom stereocenters. The normalized spacial score (nSPS) is 13.5. The molecule has 0 rings (SSSR count). The monoisotopic (exact) mass is 162 g/mol. The molecule has 0 atom stereocenters. The molecule has 0 aromatic carbocycles. The quantitative estimate of drug-likeness (QED) is 0.287. The number of hydrogen-bond acceptors (Lipinski definition) is 5. The van der Waals surface area contributed by atoms with Gasteiger partial charge in [-0.25, -0.2) is 0 Å². The molecule has 10 heavy (non-hydrogen) atoms. The van der Waals surface area contributed by atoms with Crippen molar-refractivity contribution in [3.05, 3.63) is 0 Å². The Labute approximate surface area is 63.9 Å². The fourth-order valence-electron chi connectivity index (χ4n) is 0.437. The van der Waals surface area contributed by atoms with Crippen molar-refractivity contribution in [1.29, 1.82) is 0 Å². The van der Waals surface area contributed by atoms with Gasteiger partial charge < -0.3 is 10.0 Å². The lowest BCUT2D eigenvalue weighted by Gasteiger charge is -1.96. The van der Waals surface area contributed by atoms with E-state index in [0.717, 1.165) is 0 Å². The van der Waals surface area contributed by atoms with E-state index in [9.17, 15) is 0 Å². The summed E-state index contributed by atoms with van der Waals surface area (Å²) in [5.41, 5.74) is 0.567. The van der Waals surface area contributed by atoms with Crippen molar-refractivity contribution in [2.75, 3.05) is 13.4 Å². The van der Waals surface area contributed by atoms with Crippen molar-refractivity contribution in [2.45, 2.75) is 6.92 Å². The van der Waals surface area contributed by atoms with E-state index in [4.69, 9.17) is 5.21 Å². The minimum Gasteiger partial charge on any atom is -0.410 e. The number of hydrogen-bond donors (Lipinski definition) is 1. The first kappa shape index (κ1) is 9.29. The van der Waals surface area contributed by atoms with Crippen molar-refractivity contribution in [1.82, 2.24) is 0 Å². The van der Waals surface area contributed by atoms with Crippen LogP contribution in [0.1, 0.15) is 6.92 Å². The van der Waals surface area contributed by atoms with Gasteiger partial charge in [0, 0.05) is 0 Å². The molecule has 0 fully saturated rings. The SMILES string of the molecule is CON=C(C)C(=NO)SC. The molecule has 0 radical (unpaired) electrons. The summed E-state index contributed by atoms with van der Waals surface area (Å²) in [5, 5.41) is 15.4. The third-order valence-electron chi connectivity index (χ3n) is 0.822. The highest BCUT2D eigenvalue weighted by Gasteiger charge is 2.01. The summed E-state index contributed by atoms with van der Waals surface area (Å²) in [6.07, 6.45) is 1.80. The molecule has 0 aliphatic heterocycles. The highest BCUT2D eigenvalue weighted by atomic mass is 32.2. The lowest BCUT2D eigenvalue weighted by molar-refractivity contribution is 0.214. The summed E-state index contributed by atoms with van der Waals surface area (Å²) in [5.74, 6) is 0. The van der Waals surface area contributed by atoms with E-state index in [0.29, 0.717) is 10.8 Å². The lowest BCUT2D eigenvalue weighted by atomic mass is 10.5. The summed E-state index contributed by atoms with van der Waals surface area (Å²) in [6.45, 7) is 1.70. The smallest absolute Gasteiger partial charge is 0.160 e. The minimum absolute atomic E-state index is 0.460. The second-order valence-electron chi connectivity index (χ2n) is 1.47. The minimum atomic E-state index is 0.460. The average molecular weight is 162 g/mol. The molecule has 0 aliphatic carbocycles. The van der Waals surface area contributed by atoms with Crippen molar-refractivity contribution >= 4 is 22.5 Å². The van der Waals surface area contributed by atoms with Gasteiger partial charge in [-0.1, -0.05) is 10.3 Å². The van der Waals surface area contributed by atoms with Gasteiger partial charge in [0.1, 0.15) is 12.8 Å². The summed E-state index contributed by atoms with van der Waals surface area (Å²) >= 11 is 1.31. The van der Waals surface area contributed by atoms with Crippen LogP contribution in [0.4, 0.5) is 0 Å². The summed E-state index contributed by atoms with van der Waals surface area (Å²) in [4.78, 5) is 4.47. The maximum atomic E-state index is 8.35. The summed E-state index contributed by atoms with van der Waals surface area (Å²) in [6, 6.07) is 0. The average Bonchev–Trinajstić information content (AvgIpc) is 1.91. The molecule has 0 aromatic heterocycles. The van der Waals surface area contributed by atoms with Crippen LogP contribution in [0.2, 0.25) is 0 Å². The maximum Gasteiger partial charge on any atom is 0.160 e. The van der Waals surface area contributed by atoms with E-state index < -0.39 is 0 Å². The van der Waals surface area contributed by atoms with Gasteiger partial charge in [-0.15, -0.1) is 11.8 Å². The number of thioether (sulfide) groups is 1. The van der Waals surface area contributed by atoms with Crippen LogP contribution in [0.5, 0.6) is 0 Å². The first-order valence-electron chi connectivity index (χ1n) is 2.60. The molecule has 0 amide bonds. The molecule has 0 saturated carbocycles. The van der Waals surface area contributed by atoms with Crippen LogP contribution < -0.4 is 0 Å². The van der Waals surface area contributed by atoms with E-state index in [2.05, 4.69) is 15.1 Å². The Balaban J connectivity index is 4.16. The van der Waals surface area contributed by atoms with Crippen LogP contribution in [-0.4, -0.2) is 29.3 Å². The fraction of sp³-hybridized carbons (Fsp3) is 0.600. The maximum absolute atomic E-state index is 8.35. The zero-order valence-electron chi connectivity index (χ0n) is 6.16. The standard InChI is InChI=1S/C5H10N2O2S/c1-4(7-9-2)5(6-8)10-3/h8H,1-3H3. The molecular weight excluding hydrogens is 152 g/mol. The van der Waals surface area contributed by atoms with Crippen LogP contribution in [-0.2, 0) is 4.84 Å². The third-order valence-corrected chi connectivity index (χ3v) is 1.59. The molecule has 0 aromatic rings. The Kier molecular flexibility index (Phi) is 4.74. The zero-order valence-corrected chi connectivity index (χ0v) is 6.97. The number of oxime groups is 2. The van der Waals surface area contributed by atoms with E-state index in [1.54, 1.807) is 13.2 Å². The Bertz CT molecular complexity index is 156. The zero-order chi connectivity index (χ0) is 7.98. The van der Waals surface area contributed by atoms with E-state index in [1.807, 2.05) is 0 Å². The molecule has 0 saturated heterocycles. The molecule has 0 aliphatic rings. The van der Waals surface area contributed by atoms with Crippen molar-refractivity contribution in [3.63, 3.8) is 0 Å². The van der Waals surface area contributed by atoms with Gasteiger partial charge in [-0.3, -0.25) is 0 Å². The molecule has 5 heteroatoms. The van der Waals surface area contributed by atoms with Crippen LogP contribution in [0, 0.1) is 0 Å². The Morgan fingerprint density at radius 3 is 2.50 bits per heavy atom. The Morgan fingerprint density at radius 2 is 2.20 bits per heavy atom. The Hall–Kier alpha value is -0.710. The van der Waals surface area contributed by atoms with Crippen LogP contribution >= 0.6 is 11.8 Å². The molecule has 58 valence electrons. The second kappa shape index (κ2) is 5.10. The van der Waals surface area contributed by atoms with Gasteiger partial charge in [0.2, 0.25) is 0 Å². The Morgan fingerprint density at radius 1 is 1.60 bits per heavy atom. The van der Waals surface area contributed by atoms with E-state index in [1.165, 1.54) is 18.9 Å². The van der Waals surface area contributed by atoms with Gasteiger partial charge in [-0.05, 0) is 13.2 Å².